The third kappa shape index (κ3) is 5.51. The quantitative estimate of drug-likeness (QED) is 0.277. The van der Waals surface area contributed by atoms with Crippen molar-refractivity contribution in [2.24, 2.45) is 5.14 Å². The number of carbonyl (C=O) groups excluding carboxylic acids is 1. The lowest BCUT2D eigenvalue weighted by Gasteiger charge is -2.30. The van der Waals surface area contributed by atoms with Crippen LogP contribution in [0.4, 0.5) is 11.6 Å². The molecule has 1 aliphatic heterocycles. The molecule has 1 fully saturated rings. The smallest absolute Gasteiger partial charge is 0.280 e. The summed E-state index contributed by atoms with van der Waals surface area (Å²) in [5.74, 6) is -0.128. The van der Waals surface area contributed by atoms with Gasteiger partial charge >= 0.3 is 0 Å². The molecule has 0 bridgehead atoms. The predicted molar refractivity (Wildman–Crippen MR) is 158 cm³/mol. The van der Waals surface area contributed by atoms with E-state index in [1.54, 1.807) is 4.57 Å². The molecule has 0 saturated carbocycles. The number of aryl methyl sites for hydroxylation is 2. The van der Waals surface area contributed by atoms with Gasteiger partial charge < -0.3 is 9.88 Å². The molecule has 6 rings (SSSR count). The number of hydrogen-bond donors (Lipinski definition) is 3. The number of aromatic nitrogens is 3. The third-order valence-corrected chi connectivity index (χ3v) is 9.08. The Morgan fingerprint density at radius 1 is 1.07 bits per heavy atom. The molecule has 1 aliphatic carbocycles. The second-order valence-electron chi connectivity index (χ2n) is 10.6. The highest BCUT2D eigenvalue weighted by molar-refractivity contribution is 7.86. The van der Waals surface area contributed by atoms with Crippen LogP contribution in [0.1, 0.15) is 52.2 Å². The number of rotatable bonds is 7. The number of hydroxylamine groups is 1. The summed E-state index contributed by atoms with van der Waals surface area (Å²) in [7, 11) is -2.35. The van der Waals surface area contributed by atoms with Gasteiger partial charge in [0, 0.05) is 36.9 Å². The molecule has 13 heteroatoms. The number of nitrogens with two attached hydrogens (primary N) is 1. The maximum Gasteiger partial charge on any atom is 0.280 e. The molecule has 3 heterocycles. The minimum atomic E-state index is -3.66. The Bertz CT molecular complexity index is 1830. The van der Waals surface area contributed by atoms with Crippen LogP contribution in [0.5, 0.6) is 0 Å². The van der Waals surface area contributed by atoms with Gasteiger partial charge in [0.25, 0.3) is 16.1 Å². The molecule has 2 aliphatic rings. The number of nitrogens with zero attached hydrogens (tertiary/aromatic N) is 4. The standard InChI is InChI=1S/C29H31N7O5S/c1-41-34-28(38)25-17-36(23-10-7-18-3-2-4-21(18)15-23)27-24(26(25)37)16-31-29(33-27)32-22-8-5-19(6-9-22)20-11-13-35(14-12-20)42(30,39)40/h5-10,15-17,20H,2-4,11-14H2,1H3,(H,34,38)(H2,30,39,40)(H,31,32,33). The van der Waals surface area contributed by atoms with E-state index in [0.717, 1.165) is 36.2 Å². The Morgan fingerprint density at radius 2 is 1.81 bits per heavy atom. The van der Waals surface area contributed by atoms with Gasteiger partial charge in [0.2, 0.25) is 11.4 Å². The van der Waals surface area contributed by atoms with Crippen LogP contribution in [0.3, 0.4) is 0 Å². The van der Waals surface area contributed by atoms with Crippen molar-refractivity contribution in [3.63, 3.8) is 0 Å². The van der Waals surface area contributed by atoms with Crippen molar-refractivity contribution in [1.29, 1.82) is 0 Å². The largest absolute Gasteiger partial charge is 0.324 e. The minimum Gasteiger partial charge on any atom is -0.324 e. The van der Waals surface area contributed by atoms with E-state index in [1.807, 2.05) is 30.3 Å². The van der Waals surface area contributed by atoms with Crippen LogP contribution >= 0.6 is 0 Å². The van der Waals surface area contributed by atoms with Crippen LogP contribution in [0, 0.1) is 0 Å². The molecule has 12 nitrogen and oxygen atoms in total. The van der Waals surface area contributed by atoms with E-state index < -0.39 is 21.5 Å². The van der Waals surface area contributed by atoms with Crippen LogP contribution < -0.4 is 21.4 Å². The normalized spacial score (nSPS) is 16.0. The van der Waals surface area contributed by atoms with E-state index >= 15 is 0 Å². The van der Waals surface area contributed by atoms with Crippen LogP contribution in [0.2, 0.25) is 0 Å². The highest BCUT2D eigenvalue weighted by atomic mass is 32.2. The van der Waals surface area contributed by atoms with Crippen LogP contribution in [-0.4, -0.2) is 53.4 Å². The van der Waals surface area contributed by atoms with Crippen molar-refractivity contribution in [1.82, 2.24) is 24.3 Å². The maximum atomic E-state index is 13.3. The summed E-state index contributed by atoms with van der Waals surface area (Å²) in [6, 6.07) is 14.0. The second kappa shape index (κ2) is 11.2. The topological polar surface area (TPSA) is 162 Å². The summed E-state index contributed by atoms with van der Waals surface area (Å²) in [6.07, 6.45) is 7.40. The Hall–Kier alpha value is -4.17. The number of hydrogen-bond acceptors (Lipinski definition) is 8. The fourth-order valence-electron chi connectivity index (χ4n) is 5.80. The summed E-state index contributed by atoms with van der Waals surface area (Å²) >= 11 is 0. The molecule has 4 N–H and O–H groups in total. The molecule has 42 heavy (non-hydrogen) atoms. The molecule has 218 valence electrons. The van der Waals surface area contributed by atoms with Gasteiger partial charge in [-0.3, -0.25) is 14.4 Å². The Labute approximate surface area is 242 Å². The lowest BCUT2D eigenvalue weighted by Crippen LogP contribution is -2.41. The molecule has 0 spiro atoms. The van der Waals surface area contributed by atoms with Crippen LogP contribution in [0.25, 0.3) is 16.7 Å². The zero-order valence-corrected chi connectivity index (χ0v) is 23.9. The maximum absolute atomic E-state index is 13.3. The number of fused-ring (bicyclic) bond motifs is 2. The van der Waals surface area contributed by atoms with Crippen LogP contribution in [-0.2, 0) is 27.9 Å². The van der Waals surface area contributed by atoms with E-state index in [-0.39, 0.29) is 16.9 Å². The monoisotopic (exact) mass is 589 g/mol. The number of carbonyl (C=O) groups is 1. The van der Waals surface area contributed by atoms with E-state index in [9.17, 15) is 18.0 Å². The van der Waals surface area contributed by atoms with Crippen molar-refractivity contribution in [2.45, 2.75) is 38.0 Å². The Kier molecular flexibility index (Phi) is 7.49. The summed E-state index contributed by atoms with van der Waals surface area (Å²) in [6.45, 7) is 0.796. The first-order chi connectivity index (χ1) is 20.2. The molecule has 1 saturated heterocycles. The fraction of sp³-hybridized carbons (Fsp3) is 0.310. The molecule has 2 aromatic carbocycles. The first kappa shape index (κ1) is 28.0. The molecular formula is C29H31N7O5S. The van der Waals surface area contributed by atoms with Crippen molar-refractivity contribution in [3.8, 4) is 5.69 Å². The Balaban J connectivity index is 1.31. The molecule has 0 unspecified atom stereocenters. The fourth-order valence-corrected chi connectivity index (χ4v) is 6.52. The van der Waals surface area contributed by atoms with Crippen LogP contribution in [0.15, 0.2) is 59.7 Å². The molecule has 0 atom stereocenters. The molecular weight excluding hydrogens is 558 g/mol. The summed E-state index contributed by atoms with van der Waals surface area (Å²) in [5.41, 5.74) is 7.20. The highest BCUT2D eigenvalue weighted by Crippen LogP contribution is 2.30. The van der Waals surface area contributed by atoms with Gasteiger partial charge in [-0.15, -0.1) is 0 Å². The van der Waals surface area contributed by atoms with E-state index in [1.165, 1.54) is 34.9 Å². The predicted octanol–water partition coefficient (Wildman–Crippen LogP) is 2.69. The van der Waals surface area contributed by atoms with Crippen molar-refractivity contribution < 1.29 is 18.0 Å². The average Bonchev–Trinajstić information content (AvgIpc) is 3.46. The van der Waals surface area contributed by atoms with Crippen molar-refractivity contribution in [2.75, 3.05) is 25.5 Å². The number of benzene rings is 2. The third-order valence-electron chi connectivity index (χ3n) is 8.00. The number of nitrogens with one attached hydrogen (secondary N) is 2. The molecule has 0 radical (unpaired) electrons. The zero-order valence-electron chi connectivity index (χ0n) is 23.0. The van der Waals surface area contributed by atoms with Gasteiger partial charge in [-0.1, -0.05) is 18.2 Å². The number of anilines is 2. The molecule has 1 amide bonds. The van der Waals surface area contributed by atoms with Crippen molar-refractivity contribution >= 4 is 38.8 Å². The SMILES string of the molecule is CONC(=O)c1cn(-c2ccc3c(c2)CCC3)c2nc(Nc3ccc(C4CCN(S(N)(=O)=O)CC4)cc3)ncc2c1=O. The average molecular weight is 590 g/mol. The van der Waals surface area contributed by atoms with Gasteiger partial charge in [-0.2, -0.15) is 17.7 Å². The summed E-state index contributed by atoms with van der Waals surface area (Å²) in [4.78, 5) is 39.8. The lowest BCUT2D eigenvalue weighted by atomic mass is 9.90. The summed E-state index contributed by atoms with van der Waals surface area (Å²) < 4.78 is 26.3. The molecule has 4 aromatic rings. The number of piperidine rings is 1. The first-order valence-corrected chi connectivity index (χ1v) is 15.2. The molecule has 2 aromatic heterocycles. The minimum absolute atomic E-state index is 0.0837. The van der Waals surface area contributed by atoms with E-state index in [4.69, 9.17) is 15.0 Å². The first-order valence-electron chi connectivity index (χ1n) is 13.7. The van der Waals surface area contributed by atoms with E-state index in [0.29, 0.717) is 37.5 Å². The van der Waals surface area contributed by atoms with Gasteiger partial charge in [0.15, 0.2) is 5.65 Å². The van der Waals surface area contributed by atoms with Gasteiger partial charge in [-0.05, 0) is 79.0 Å². The van der Waals surface area contributed by atoms with Gasteiger partial charge in [-0.25, -0.2) is 15.6 Å². The number of amides is 1. The Morgan fingerprint density at radius 3 is 2.52 bits per heavy atom. The summed E-state index contributed by atoms with van der Waals surface area (Å²) in [5, 5.41) is 8.67. The van der Waals surface area contributed by atoms with Crippen molar-refractivity contribution in [3.05, 3.63) is 87.3 Å². The van der Waals surface area contributed by atoms with Gasteiger partial charge in [0.1, 0.15) is 5.56 Å². The van der Waals surface area contributed by atoms with Gasteiger partial charge in [0.05, 0.1) is 12.5 Å². The highest BCUT2D eigenvalue weighted by Gasteiger charge is 2.26. The zero-order chi connectivity index (χ0) is 29.4. The van der Waals surface area contributed by atoms with E-state index in [2.05, 4.69) is 27.9 Å². The lowest BCUT2D eigenvalue weighted by molar-refractivity contribution is 0.0536. The number of pyridine rings is 1. The second-order valence-corrected chi connectivity index (χ2v) is 12.1.